The first-order valence-corrected chi connectivity index (χ1v) is 7.97. The summed E-state index contributed by atoms with van der Waals surface area (Å²) in [5.74, 6) is 0.961. The van der Waals surface area contributed by atoms with Crippen LogP contribution in [0.2, 0.25) is 5.02 Å². The molecule has 1 heterocycles. The Labute approximate surface area is 147 Å². The van der Waals surface area contributed by atoms with Gasteiger partial charge in [-0.1, -0.05) is 54.1 Å². The van der Waals surface area contributed by atoms with Crippen LogP contribution >= 0.6 is 36.6 Å². The minimum absolute atomic E-state index is 0. The van der Waals surface area contributed by atoms with Gasteiger partial charge in [-0.25, -0.2) is 0 Å². The van der Waals surface area contributed by atoms with Gasteiger partial charge in [-0.15, -0.1) is 12.4 Å². The Morgan fingerprint density at radius 3 is 2.41 bits per heavy atom. The van der Waals surface area contributed by atoms with Gasteiger partial charge >= 0.3 is 0 Å². The van der Waals surface area contributed by atoms with Crippen molar-refractivity contribution in [2.45, 2.75) is 11.7 Å². The maximum atomic E-state index is 6.31. The number of thiol groups is 1. The van der Waals surface area contributed by atoms with Crippen molar-refractivity contribution >= 4 is 42.5 Å². The van der Waals surface area contributed by atoms with Crippen LogP contribution in [0.25, 0.3) is 0 Å². The Morgan fingerprint density at radius 1 is 1.05 bits per heavy atom. The fraction of sp³-hybridized carbons (Fsp3) is 0.235. The summed E-state index contributed by atoms with van der Waals surface area (Å²) in [4.78, 5) is 4.60. The van der Waals surface area contributed by atoms with E-state index in [2.05, 4.69) is 22.4 Å². The van der Waals surface area contributed by atoms with E-state index in [0.717, 1.165) is 47.1 Å². The summed E-state index contributed by atoms with van der Waals surface area (Å²) in [5, 5.41) is 4.05. The van der Waals surface area contributed by atoms with Gasteiger partial charge in [-0.3, -0.25) is 4.99 Å². The zero-order valence-electron chi connectivity index (χ0n) is 12.0. The van der Waals surface area contributed by atoms with Crippen LogP contribution in [0.4, 0.5) is 0 Å². The number of aliphatic imine (C=N–C) groups is 1. The molecule has 116 valence electrons. The molecule has 2 aromatic rings. The first kappa shape index (κ1) is 17.2. The molecular formula is C17H18Cl2N2S. The van der Waals surface area contributed by atoms with Crippen LogP contribution in [-0.2, 0) is 0 Å². The highest BCUT2D eigenvalue weighted by Crippen LogP contribution is 2.34. The fourth-order valence-electron chi connectivity index (χ4n) is 2.53. The second-order valence-electron chi connectivity index (χ2n) is 5.02. The monoisotopic (exact) mass is 352 g/mol. The van der Waals surface area contributed by atoms with E-state index in [1.807, 2.05) is 36.4 Å². The summed E-state index contributed by atoms with van der Waals surface area (Å²) in [7, 11) is 0. The molecule has 5 heteroatoms. The third kappa shape index (κ3) is 3.60. The molecule has 0 spiro atoms. The van der Waals surface area contributed by atoms with Gasteiger partial charge in [0.1, 0.15) is 5.84 Å². The van der Waals surface area contributed by atoms with Gasteiger partial charge in [0, 0.05) is 23.7 Å². The first-order chi connectivity index (χ1) is 10.3. The number of nitrogens with one attached hydrogen (secondary N) is 1. The van der Waals surface area contributed by atoms with Crippen LogP contribution in [0.3, 0.4) is 0 Å². The molecule has 22 heavy (non-hydrogen) atoms. The van der Waals surface area contributed by atoms with Crippen molar-refractivity contribution < 1.29 is 0 Å². The molecule has 0 aromatic heterocycles. The molecule has 2 nitrogen and oxygen atoms in total. The van der Waals surface area contributed by atoms with Crippen LogP contribution in [0, 0.1) is 0 Å². The minimum Gasteiger partial charge on any atom is -0.370 e. The zero-order chi connectivity index (χ0) is 14.7. The standard InChI is InChI=1S/C17H17ClN2S.ClH/c18-15-9-4-3-8-14(15)16(21)12-6-1-2-7-13(12)17-19-10-5-11-20-17;/h1-4,6-9,16,21H,5,10-11H2,(H,19,20);1H. The Bertz CT molecular complexity index is 673. The summed E-state index contributed by atoms with van der Waals surface area (Å²) in [5.41, 5.74) is 3.26. The van der Waals surface area contributed by atoms with Crippen molar-refractivity contribution in [2.24, 2.45) is 4.99 Å². The number of halogens is 2. The van der Waals surface area contributed by atoms with Crippen LogP contribution < -0.4 is 5.32 Å². The first-order valence-electron chi connectivity index (χ1n) is 7.07. The summed E-state index contributed by atoms with van der Waals surface area (Å²) < 4.78 is 0. The van der Waals surface area contributed by atoms with Crippen molar-refractivity contribution in [3.05, 3.63) is 70.2 Å². The van der Waals surface area contributed by atoms with E-state index in [4.69, 9.17) is 24.2 Å². The van der Waals surface area contributed by atoms with Gasteiger partial charge in [0.25, 0.3) is 0 Å². The Hall–Kier alpha value is -1.16. The Kier molecular flexibility index (Phi) is 6.18. The average molecular weight is 353 g/mol. The highest BCUT2D eigenvalue weighted by atomic mass is 35.5. The van der Waals surface area contributed by atoms with Gasteiger partial charge < -0.3 is 5.32 Å². The number of hydrogen-bond acceptors (Lipinski definition) is 3. The lowest BCUT2D eigenvalue weighted by Gasteiger charge is -2.21. The van der Waals surface area contributed by atoms with E-state index >= 15 is 0 Å². The smallest absolute Gasteiger partial charge is 0.128 e. The van der Waals surface area contributed by atoms with Crippen molar-refractivity contribution in [1.82, 2.24) is 5.32 Å². The number of nitrogens with zero attached hydrogens (tertiary/aromatic N) is 1. The molecular weight excluding hydrogens is 335 g/mol. The van der Waals surface area contributed by atoms with Crippen LogP contribution in [-0.4, -0.2) is 18.9 Å². The number of hydrogen-bond donors (Lipinski definition) is 2. The van der Waals surface area contributed by atoms with Crippen LogP contribution in [0.15, 0.2) is 53.5 Å². The molecule has 0 aliphatic carbocycles. The third-order valence-electron chi connectivity index (χ3n) is 3.61. The molecule has 0 saturated heterocycles. The van der Waals surface area contributed by atoms with E-state index < -0.39 is 0 Å². The Balaban J connectivity index is 0.00000176. The van der Waals surface area contributed by atoms with Gasteiger partial charge in [0.05, 0.1) is 5.25 Å². The summed E-state index contributed by atoms with van der Waals surface area (Å²) in [6.45, 7) is 1.84. The van der Waals surface area contributed by atoms with E-state index in [0.29, 0.717) is 0 Å². The molecule has 0 bridgehead atoms. The summed E-state index contributed by atoms with van der Waals surface area (Å²) in [6.07, 6.45) is 1.08. The second kappa shape index (κ2) is 7.91. The molecule has 0 saturated carbocycles. The third-order valence-corrected chi connectivity index (χ3v) is 4.51. The van der Waals surface area contributed by atoms with Crippen LogP contribution in [0.5, 0.6) is 0 Å². The molecule has 3 rings (SSSR count). The van der Waals surface area contributed by atoms with Crippen molar-refractivity contribution in [2.75, 3.05) is 13.1 Å². The van der Waals surface area contributed by atoms with Crippen molar-refractivity contribution in [3.8, 4) is 0 Å². The van der Waals surface area contributed by atoms with Crippen LogP contribution in [0.1, 0.15) is 28.4 Å². The lowest BCUT2D eigenvalue weighted by atomic mass is 9.98. The zero-order valence-corrected chi connectivity index (χ0v) is 14.5. The quantitative estimate of drug-likeness (QED) is 0.779. The van der Waals surface area contributed by atoms with E-state index in [1.54, 1.807) is 0 Å². The molecule has 1 N–H and O–H groups in total. The molecule has 1 aliphatic rings. The van der Waals surface area contributed by atoms with Crippen molar-refractivity contribution in [3.63, 3.8) is 0 Å². The largest absolute Gasteiger partial charge is 0.370 e. The SMILES string of the molecule is Cl.SC(c1ccccc1Cl)c1ccccc1C1=NCCCN1. The molecule has 1 unspecified atom stereocenters. The lowest BCUT2D eigenvalue weighted by Crippen LogP contribution is -2.31. The van der Waals surface area contributed by atoms with Gasteiger partial charge in [-0.05, 0) is 23.6 Å². The van der Waals surface area contributed by atoms with Gasteiger partial charge in [0.2, 0.25) is 0 Å². The number of amidine groups is 1. The second-order valence-corrected chi connectivity index (χ2v) is 5.95. The molecule has 0 fully saturated rings. The molecule has 0 radical (unpaired) electrons. The Morgan fingerprint density at radius 2 is 1.73 bits per heavy atom. The highest BCUT2D eigenvalue weighted by Gasteiger charge is 2.19. The van der Waals surface area contributed by atoms with Crippen molar-refractivity contribution in [1.29, 1.82) is 0 Å². The lowest BCUT2D eigenvalue weighted by molar-refractivity contribution is 0.741. The average Bonchev–Trinajstić information content (AvgIpc) is 2.55. The maximum Gasteiger partial charge on any atom is 0.128 e. The molecule has 2 aromatic carbocycles. The summed E-state index contributed by atoms with van der Waals surface area (Å²) in [6, 6.07) is 16.1. The minimum atomic E-state index is -0.0682. The number of rotatable bonds is 3. The predicted molar refractivity (Wildman–Crippen MR) is 100.0 cm³/mol. The van der Waals surface area contributed by atoms with E-state index in [1.165, 1.54) is 0 Å². The van der Waals surface area contributed by atoms with Gasteiger partial charge in [0.15, 0.2) is 0 Å². The van der Waals surface area contributed by atoms with Gasteiger partial charge in [-0.2, -0.15) is 12.6 Å². The molecule has 0 amide bonds. The predicted octanol–water partition coefficient (Wildman–Crippen LogP) is 4.52. The normalized spacial score (nSPS) is 15.3. The van der Waals surface area contributed by atoms with E-state index in [9.17, 15) is 0 Å². The fourth-order valence-corrected chi connectivity index (χ4v) is 3.30. The molecule has 1 aliphatic heterocycles. The maximum absolute atomic E-state index is 6.31. The molecule has 1 atom stereocenters. The van der Waals surface area contributed by atoms with E-state index in [-0.39, 0.29) is 17.7 Å². The number of benzene rings is 2. The topological polar surface area (TPSA) is 24.4 Å². The highest BCUT2D eigenvalue weighted by molar-refractivity contribution is 7.80. The summed E-state index contributed by atoms with van der Waals surface area (Å²) >= 11 is 11.1.